The van der Waals surface area contributed by atoms with Crippen molar-refractivity contribution in [3.63, 3.8) is 0 Å². The first-order valence-electron chi connectivity index (χ1n) is 7.85. The Morgan fingerprint density at radius 2 is 1.95 bits per heavy atom. The number of rotatable bonds is 9. The summed E-state index contributed by atoms with van der Waals surface area (Å²) in [6, 6.07) is 7.05. The monoisotopic (exact) mass is 306 g/mol. The fourth-order valence-corrected chi connectivity index (χ4v) is 1.85. The first-order valence-corrected chi connectivity index (χ1v) is 7.85. The van der Waals surface area contributed by atoms with Gasteiger partial charge in [0, 0.05) is 25.7 Å². The van der Waals surface area contributed by atoms with Gasteiger partial charge in [0.1, 0.15) is 0 Å². The van der Waals surface area contributed by atoms with E-state index in [1.54, 1.807) is 24.3 Å². The van der Waals surface area contributed by atoms with E-state index in [0.717, 1.165) is 12.8 Å². The molecule has 0 aliphatic rings. The lowest BCUT2D eigenvalue weighted by molar-refractivity contribution is -0.119. The van der Waals surface area contributed by atoms with Gasteiger partial charge in [-0.2, -0.15) is 0 Å². The maximum Gasteiger partial charge on any atom is 0.253 e. The third-order valence-electron chi connectivity index (χ3n) is 3.44. The van der Waals surface area contributed by atoms with Crippen LogP contribution in [0.4, 0.5) is 5.69 Å². The van der Waals surface area contributed by atoms with Crippen LogP contribution in [-0.4, -0.2) is 31.6 Å². The molecule has 1 unspecified atom stereocenters. The first-order chi connectivity index (χ1) is 10.6. The molecule has 1 atom stereocenters. The molecule has 0 spiro atoms. The van der Waals surface area contributed by atoms with Crippen LogP contribution in [0.3, 0.4) is 0 Å². The number of para-hydroxylation sites is 1. The summed E-state index contributed by atoms with van der Waals surface area (Å²) in [5.41, 5.74) is 1.03. The zero-order valence-corrected chi connectivity index (χ0v) is 13.6. The van der Waals surface area contributed by atoms with Gasteiger partial charge in [-0.1, -0.05) is 26.0 Å². The molecule has 0 fully saturated rings. The van der Waals surface area contributed by atoms with Gasteiger partial charge < -0.3 is 15.4 Å². The molecule has 5 heteroatoms. The highest BCUT2D eigenvalue weighted by Crippen LogP contribution is 2.16. The maximum absolute atomic E-state index is 12.2. The number of carbonyl (C=O) groups is 2. The molecule has 0 bridgehead atoms. The van der Waals surface area contributed by atoms with Crippen LogP contribution < -0.4 is 10.6 Å². The summed E-state index contributed by atoms with van der Waals surface area (Å²) in [7, 11) is 0. The summed E-state index contributed by atoms with van der Waals surface area (Å²) in [6.45, 7) is 7.62. The Morgan fingerprint density at radius 3 is 2.64 bits per heavy atom. The van der Waals surface area contributed by atoms with Crippen molar-refractivity contribution in [1.29, 1.82) is 0 Å². The largest absolute Gasteiger partial charge is 0.382 e. The second-order valence-corrected chi connectivity index (χ2v) is 5.15. The number of hydrogen-bond acceptors (Lipinski definition) is 3. The number of benzene rings is 1. The van der Waals surface area contributed by atoms with Gasteiger partial charge in [0.25, 0.3) is 5.91 Å². The van der Waals surface area contributed by atoms with Crippen molar-refractivity contribution in [3.05, 3.63) is 29.8 Å². The SMILES string of the molecule is CCOCCCNC(=O)c1ccccc1NC(=O)C(C)CC. The van der Waals surface area contributed by atoms with Gasteiger partial charge in [-0.3, -0.25) is 9.59 Å². The first kappa shape index (κ1) is 18.2. The Bertz CT molecular complexity index is 489. The molecule has 0 saturated heterocycles. The van der Waals surface area contributed by atoms with Crippen molar-refractivity contribution in [1.82, 2.24) is 5.32 Å². The van der Waals surface area contributed by atoms with E-state index in [2.05, 4.69) is 10.6 Å². The normalized spacial score (nSPS) is 11.8. The van der Waals surface area contributed by atoms with Crippen LogP contribution >= 0.6 is 0 Å². The molecule has 2 amide bonds. The molecule has 5 nitrogen and oxygen atoms in total. The Morgan fingerprint density at radius 1 is 1.23 bits per heavy atom. The molecule has 0 saturated carbocycles. The van der Waals surface area contributed by atoms with Crippen molar-refractivity contribution in [3.8, 4) is 0 Å². The average Bonchev–Trinajstić information content (AvgIpc) is 2.54. The molecule has 0 aliphatic heterocycles. The van der Waals surface area contributed by atoms with Crippen molar-refractivity contribution >= 4 is 17.5 Å². The molecular weight excluding hydrogens is 280 g/mol. The van der Waals surface area contributed by atoms with E-state index in [1.165, 1.54) is 0 Å². The van der Waals surface area contributed by atoms with Gasteiger partial charge in [-0.05, 0) is 31.9 Å². The zero-order valence-electron chi connectivity index (χ0n) is 13.6. The van der Waals surface area contributed by atoms with E-state index in [1.807, 2.05) is 20.8 Å². The summed E-state index contributed by atoms with van der Waals surface area (Å²) in [5.74, 6) is -0.335. The molecule has 122 valence electrons. The smallest absolute Gasteiger partial charge is 0.253 e. The molecule has 0 aromatic heterocycles. The predicted octanol–water partition coefficient (Wildman–Crippen LogP) is 2.83. The molecule has 1 rings (SSSR count). The van der Waals surface area contributed by atoms with Gasteiger partial charge in [0.2, 0.25) is 5.91 Å². The fraction of sp³-hybridized carbons (Fsp3) is 0.529. The summed E-state index contributed by atoms with van der Waals surface area (Å²) in [4.78, 5) is 24.2. The molecule has 2 N–H and O–H groups in total. The van der Waals surface area contributed by atoms with Crippen LogP contribution in [0.15, 0.2) is 24.3 Å². The van der Waals surface area contributed by atoms with Crippen LogP contribution in [0.1, 0.15) is 44.0 Å². The lowest BCUT2D eigenvalue weighted by Crippen LogP contribution is -2.27. The highest BCUT2D eigenvalue weighted by molar-refractivity contribution is 6.04. The molecule has 0 aliphatic carbocycles. The Hall–Kier alpha value is -1.88. The zero-order chi connectivity index (χ0) is 16.4. The van der Waals surface area contributed by atoms with E-state index in [9.17, 15) is 9.59 Å². The van der Waals surface area contributed by atoms with Crippen LogP contribution in [0.25, 0.3) is 0 Å². The van der Waals surface area contributed by atoms with Crippen LogP contribution in [0.2, 0.25) is 0 Å². The summed E-state index contributed by atoms with van der Waals surface area (Å²) in [6.07, 6.45) is 1.53. The van der Waals surface area contributed by atoms with Crippen molar-refractivity contribution < 1.29 is 14.3 Å². The molecule has 0 radical (unpaired) electrons. The third-order valence-corrected chi connectivity index (χ3v) is 3.44. The number of anilines is 1. The van der Waals surface area contributed by atoms with Crippen molar-refractivity contribution in [2.24, 2.45) is 5.92 Å². The number of carbonyl (C=O) groups excluding carboxylic acids is 2. The van der Waals surface area contributed by atoms with Crippen LogP contribution in [0, 0.1) is 5.92 Å². The van der Waals surface area contributed by atoms with E-state index in [0.29, 0.717) is 31.0 Å². The summed E-state index contributed by atoms with van der Waals surface area (Å²) in [5, 5.41) is 5.67. The third kappa shape index (κ3) is 5.85. The van der Waals surface area contributed by atoms with E-state index >= 15 is 0 Å². The Labute approximate surface area is 132 Å². The lowest BCUT2D eigenvalue weighted by Gasteiger charge is -2.13. The topological polar surface area (TPSA) is 67.4 Å². The van der Waals surface area contributed by atoms with Crippen LogP contribution in [0.5, 0.6) is 0 Å². The molecule has 1 aromatic rings. The average molecular weight is 306 g/mol. The number of amides is 2. The van der Waals surface area contributed by atoms with Crippen molar-refractivity contribution in [2.75, 3.05) is 25.1 Å². The van der Waals surface area contributed by atoms with Crippen LogP contribution in [-0.2, 0) is 9.53 Å². The Balaban J connectivity index is 2.62. The fourth-order valence-electron chi connectivity index (χ4n) is 1.85. The number of nitrogens with one attached hydrogen (secondary N) is 2. The number of ether oxygens (including phenoxy) is 1. The predicted molar refractivity (Wildman–Crippen MR) is 88.0 cm³/mol. The molecular formula is C17H26N2O3. The molecule has 0 heterocycles. The van der Waals surface area contributed by atoms with E-state index in [4.69, 9.17) is 4.74 Å². The minimum atomic E-state index is -0.184. The van der Waals surface area contributed by atoms with E-state index < -0.39 is 0 Å². The second kappa shape index (κ2) is 9.95. The molecule has 1 aromatic carbocycles. The minimum absolute atomic E-state index is 0.0703. The minimum Gasteiger partial charge on any atom is -0.382 e. The Kier molecular flexibility index (Phi) is 8.22. The van der Waals surface area contributed by atoms with Gasteiger partial charge in [-0.25, -0.2) is 0 Å². The highest BCUT2D eigenvalue weighted by Gasteiger charge is 2.15. The van der Waals surface area contributed by atoms with Gasteiger partial charge >= 0.3 is 0 Å². The lowest BCUT2D eigenvalue weighted by atomic mass is 10.1. The standard InChI is InChI=1S/C17H26N2O3/c1-4-13(3)16(20)19-15-10-7-6-9-14(15)17(21)18-11-8-12-22-5-2/h6-7,9-10,13H,4-5,8,11-12H2,1-3H3,(H,18,21)(H,19,20). The molecule has 22 heavy (non-hydrogen) atoms. The van der Waals surface area contributed by atoms with E-state index in [-0.39, 0.29) is 17.7 Å². The number of hydrogen-bond donors (Lipinski definition) is 2. The second-order valence-electron chi connectivity index (χ2n) is 5.15. The quantitative estimate of drug-likeness (QED) is 0.689. The van der Waals surface area contributed by atoms with Crippen molar-refractivity contribution in [2.45, 2.75) is 33.6 Å². The van der Waals surface area contributed by atoms with Gasteiger partial charge in [-0.15, -0.1) is 0 Å². The summed E-state index contributed by atoms with van der Waals surface area (Å²) < 4.78 is 5.23. The summed E-state index contributed by atoms with van der Waals surface area (Å²) >= 11 is 0. The van der Waals surface area contributed by atoms with Gasteiger partial charge in [0.05, 0.1) is 11.3 Å². The highest BCUT2D eigenvalue weighted by atomic mass is 16.5. The van der Waals surface area contributed by atoms with Gasteiger partial charge in [0.15, 0.2) is 0 Å². The maximum atomic E-state index is 12.2.